The molecule has 1 aromatic carbocycles. The summed E-state index contributed by atoms with van der Waals surface area (Å²) in [6.07, 6.45) is -3.29. The molecule has 0 N–H and O–H groups in total. The second-order valence-corrected chi connectivity index (χ2v) is 5.06. The highest BCUT2D eigenvalue weighted by atomic mass is 79.9. The lowest BCUT2D eigenvalue weighted by Gasteiger charge is -2.12. The highest BCUT2D eigenvalue weighted by Gasteiger charge is 2.32. The summed E-state index contributed by atoms with van der Waals surface area (Å²) in [7, 11) is 0. The van der Waals surface area contributed by atoms with Gasteiger partial charge >= 0.3 is 6.36 Å². The molecule has 2 aromatic rings. The van der Waals surface area contributed by atoms with Crippen LogP contribution in [0.2, 0.25) is 5.28 Å². The maximum absolute atomic E-state index is 12.2. The molecule has 0 fully saturated rings. The molecule has 0 saturated heterocycles. The van der Waals surface area contributed by atoms with Crippen LogP contribution < -0.4 is 9.47 Å². The van der Waals surface area contributed by atoms with E-state index in [1.165, 1.54) is 18.3 Å². The molecule has 1 heterocycles. The maximum Gasteiger partial charge on any atom is 0.573 e. The van der Waals surface area contributed by atoms with E-state index < -0.39 is 6.36 Å². The Labute approximate surface area is 131 Å². The van der Waals surface area contributed by atoms with Crippen LogP contribution in [0, 0.1) is 6.92 Å². The van der Waals surface area contributed by atoms with Gasteiger partial charge in [0.2, 0.25) is 11.2 Å². The maximum atomic E-state index is 12.2. The lowest BCUT2D eigenvalue weighted by Crippen LogP contribution is -2.17. The molecule has 1 aromatic heterocycles. The number of ether oxygens (including phenoxy) is 2. The Balaban J connectivity index is 2.22. The van der Waals surface area contributed by atoms with Crippen molar-refractivity contribution in [2.45, 2.75) is 13.3 Å². The van der Waals surface area contributed by atoms with E-state index in [1.807, 2.05) is 0 Å². The molecule has 21 heavy (non-hydrogen) atoms. The normalized spacial score (nSPS) is 11.3. The molecule has 0 unspecified atom stereocenters. The van der Waals surface area contributed by atoms with Crippen LogP contribution in [0.5, 0.6) is 17.4 Å². The monoisotopic (exact) mass is 382 g/mol. The van der Waals surface area contributed by atoms with E-state index in [0.717, 1.165) is 6.07 Å². The van der Waals surface area contributed by atoms with Crippen molar-refractivity contribution in [3.63, 3.8) is 0 Å². The van der Waals surface area contributed by atoms with Crippen molar-refractivity contribution in [1.29, 1.82) is 0 Å². The lowest BCUT2D eigenvalue weighted by molar-refractivity contribution is -0.274. The summed E-state index contributed by atoms with van der Waals surface area (Å²) in [5.74, 6) is 0.118. The minimum absolute atomic E-state index is 0.00619. The largest absolute Gasteiger partial charge is 0.573 e. The Morgan fingerprint density at radius 3 is 2.62 bits per heavy atom. The Hall–Kier alpha value is -1.54. The van der Waals surface area contributed by atoms with Gasteiger partial charge in [-0.1, -0.05) is 0 Å². The van der Waals surface area contributed by atoms with E-state index in [4.69, 9.17) is 16.3 Å². The first-order chi connectivity index (χ1) is 9.74. The van der Waals surface area contributed by atoms with Gasteiger partial charge in [0.1, 0.15) is 11.5 Å². The van der Waals surface area contributed by atoms with Gasteiger partial charge in [0, 0.05) is 11.8 Å². The summed E-state index contributed by atoms with van der Waals surface area (Å²) in [6, 6.07) is 3.78. The third kappa shape index (κ3) is 4.47. The topological polar surface area (TPSA) is 44.2 Å². The fraction of sp³-hybridized carbons (Fsp3) is 0.167. The highest BCUT2D eigenvalue weighted by molar-refractivity contribution is 9.10. The first-order valence-corrected chi connectivity index (χ1v) is 6.64. The summed E-state index contributed by atoms with van der Waals surface area (Å²) in [5.41, 5.74) is 0.631. The van der Waals surface area contributed by atoms with Crippen LogP contribution in [-0.4, -0.2) is 16.3 Å². The molecule has 0 radical (unpaired) electrons. The van der Waals surface area contributed by atoms with Crippen molar-refractivity contribution in [2.24, 2.45) is 0 Å². The van der Waals surface area contributed by atoms with E-state index in [-0.39, 0.29) is 27.1 Å². The number of nitrogens with zero attached hydrogens (tertiary/aromatic N) is 2. The van der Waals surface area contributed by atoms with Crippen LogP contribution in [0.15, 0.2) is 28.9 Å². The molecule has 112 valence electrons. The zero-order valence-electron chi connectivity index (χ0n) is 10.4. The Morgan fingerprint density at radius 1 is 1.29 bits per heavy atom. The van der Waals surface area contributed by atoms with E-state index >= 15 is 0 Å². The average Bonchev–Trinajstić information content (AvgIpc) is 2.36. The fourth-order valence-corrected chi connectivity index (χ4v) is 1.94. The minimum Gasteiger partial charge on any atom is -0.439 e. The minimum atomic E-state index is -4.76. The number of halogens is 5. The van der Waals surface area contributed by atoms with Crippen molar-refractivity contribution >= 4 is 27.5 Å². The Morgan fingerprint density at radius 2 is 2.00 bits per heavy atom. The summed E-state index contributed by atoms with van der Waals surface area (Å²) >= 11 is 8.64. The SMILES string of the molecule is Cc1cnc(Cl)nc1Oc1ccc(OC(F)(F)F)c(Br)c1. The second kappa shape index (κ2) is 6.07. The van der Waals surface area contributed by atoms with Gasteiger partial charge in [-0.15, -0.1) is 13.2 Å². The molecule has 0 bridgehead atoms. The van der Waals surface area contributed by atoms with Crippen molar-refractivity contribution in [3.8, 4) is 17.4 Å². The van der Waals surface area contributed by atoms with Crippen LogP contribution in [0.1, 0.15) is 5.56 Å². The van der Waals surface area contributed by atoms with Crippen LogP contribution in [-0.2, 0) is 0 Å². The number of aromatic nitrogens is 2. The average molecular weight is 384 g/mol. The van der Waals surface area contributed by atoms with Crippen LogP contribution >= 0.6 is 27.5 Å². The van der Waals surface area contributed by atoms with Crippen LogP contribution in [0.4, 0.5) is 13.2 Å². The van der Waals surface area contributed by atoms with Gasteiger partial charge in [-0.25, -0.2) is 4.98 Å². The molecule has 0 aliphatic rings. The first-order valence-electron chi connectivity index (χ1n) is 5.47. The fourth-order valence-electron chi connectivity index (χ4n) is 1.37. The third-order valence-electron chi connectivity index (χ3n) is 2.24. The van der Waals surface area contributed by atoms with Gasteiger partial charge in [-0.05, 0) is 52.7 Å². The summed E-state index contributed by atoms with van der Waals surface area (Å²) in [5, 5.41) is 0.00619. The van der Waals surface area contributed by atoms with Gasteiger partial charge in [0.25, 0.3) is 0 Å². The Bertz CT molecular complexity index is 667. The summed E-state index contributed by atoms with van der Waals surface area (Å²) < 4.78 is 45.9. The van der Waals surface area contributed by atoms with E-state index in [9.17, 15) is 13.2 Å². The van der Waals surface area contributed by atoms with E-state index in [1.54, 1.807) is 6.92 Å². The van der Waals surface area contributed by atoms with E-state index in [0.29, 0.717) is 5.56 Å². The second-order valence-electron chi connectivity index (χ2n) is 3.87. The first kappa shape index (κ1) is 15.8. The Kier molecular flexibility index (Phi) is 4.58. The summed E-state index contributed by atoms with van der Waals surface area (Å²) in [6.45, 7) is 1.71. The molecule has 0 aliphatic carbocycles. The predicted octanol–water partition coefficient (Wildman–Crippen LogP) is 4.89. The predicted molar refractivity (Wildman–Crippen MR) is 72.7 cm³/mol. The lowest BCUT2D eigenvalue weighted by atomic mass is 10.3. The molecule has 0 atom stereocenters. The zero-order chi connectivity index (χ0) is 15.6. The van der Waals surface area contributed by atoms with Crippen LogP contribution in [0.3, 0.4) is 0 Å². The molecule has 4 nitrogen and oxygen atoms in total. The molecule has 0 amide bonds. The quantitative estimate of drug-likeness (QED) is 0.708. The molecular weight excluding hydrogens is 376 g/mol. The van der Waals surface area contributed by atoms with Crippen LogP contribution in [0.25, 0.3) is 0 Å². The summed E-state index contributed by atoms with van der Waals surface area (Å²) in [4.78, 5) is 7.66. The number of alkyl halides is 3. The van der Waals surface area contributed by atoms with Gasteiger partial charge in [0.15, 0.2) is 0 Å². The number of benzene rings is 1. The number of aryl methyl sites for hydroxylation is 1. The highest BCUT2D eigenvalue weighted by Crippen LogP contribution is 2.34. The molecule has 9 heteroatoms. The van der Waals surface area contributed by atoms with Crippen molar-refractivity contribution in [2.75, 3.05) is 0 Å². The van der Waals surface area contributed by atoms with Crippen molar-refractivity contribution in [1.82, 2.24) is 9.97 Å². The molecule has 0 spiro atoms. The van der Waals surface area contributed by atoms with Gasteiger partial charge < -0.3 is 9.47 Å². The van der Waals surface area contributed by atoms with Gasteiger partial charge in [0.05, 0.1) is 4.47 Å². The standard InChI is InChI=1S/C12H7BrClF3N2O2/c1-6-5-18-11(14)19-10(6)20-7-2-3-9(8(13)4-7)21-12(15,16)17/h2-5H,1H3. The smallest absolute Gasteiger partial charge is 0.439 e. The van der Waals surface area contributed by atoms with Crippen molar-refractivity contribution in [3.05, 3.63) is 39.7 Å². The van der Waals surface area contributed by atoms with E-state index in [2.05, 4.69) is 30.6 Å². The molecule has 2 rings (SSSR count). The van der Waals surface area contributed by atoms with Gasteiger partial charge in [-0.3, -0.25) is 0 Å². The molecular formula is C12H7BrClF3N2O2. The van der Waals surface area contributed by atoms with Crippen molar-refractivity contribution < 1.29 is 22.6 Å². The molecule has 0 aliphatic heterocycles. The zero-order valence-corrected chi connectivity index (χ0v) is 12.8. The number of hydrogen-bond donors (Lipinski definition) is 0. The number of rotatable bonds is 3. The number of hydrogen-bond acceptors (Lipinski definition) is 4. The third-order valence-corrected chi connectivity index (χ3v) is 3.04. The van der Waals surface area contributed by atoms with Gasteiger partial charge in [-0.2, -0.15) is 4.98 Å². The molecule has 0 saturated carbocycles.